The molecular weight excluding hydrogens is 175 g/mol. The van der Waals surface area contributed by atoms with Gasteiger partial charge in [0.1, 0.15) is 0 Å². The summed E-state index contributed by atoms with van der Waals surface area (Å²) in [6, 6.07) is 0. The van der Waals surface area contributed by atoms with Gasteiger partial charge < -0.3 is 0 Å². The number of hydrogen-bond donors (Lipinski definition) is 1. The maximum atomic E-state index is 8.68. The first kappa shape index (κ1) is 4.61. The van der Waals surface area contributed by atoms with E-state index in [1.807, 2.05) is 0 Å². The second kappa shape index (κ2) is 1.89. The van der Waals surface area contributed by atoms with Gasteiger partial charge in [0.15, 0.2) is 0 Å². The molecule has 3 nitrogen and oxygen atoms in total. The van der Waals surface area contributed by atoms with Crippen LogP contribution < -0.4 is 6.87 Å². The average molecular weight is 176 g/mol. The van der Waals surface area contributed by atoms with Gasteiger partial charge in [0, 0.05) is 0 Å². The minimum absolute atomic E-state index is 3.76. The number of hydrogen-bond acceptors (Lipinski definition) is 3. The third-order valence-corrected chi connectivity index (χ3v) is 0. The van der Waals surface area contributed by atoms with Crippen molar-refractivity contribution in [2.24, 2.45) is 0 Å². The van der Waals surface area contributed by atoms with Crippen molar-refractivity contribution < 1.29 is 10.3 Å². The van der Waals surface area contributed by atoms with Crippen LogP contribution in [0.5, 0.6) is 0 Å². The molecule has 0 fully saturated rings. The van der Waals surface area contributed by atoms with E-state index < -0.39 is 21.1 Å². The number of halogens is 1. The Morgan fingerprint density at radius 1 is 1.50 bits per heavy atom. The molecule has 4 heteroatoms. The van der Waals surface area contributed by atoms with E-state index in [0.29, 0.717) is 0 Å². The monoisotopic (exact) mass is 176 g/mol. The van der Waals surface area contributed by atoms with E-state index >= 15 is 0 Å². The molecule has 0 rings (SSSR count). The molecule has 0 aliphatic carbocycles. The van der Waals surface area contributed by atoms with Crippen LogP contribution in [0.3, 0.4) is 0 Å². The quantitative estimate of drug-likeness (QED) is 0.432. The van der Waals surface area contributed by atoms with Crippen LogP contribution in [-0.2, 0) is 0 Å². The van der Waals surface area contributed by atoms with Crippen molar-refractivity contribution in [3.8, 4) is 0 Å². The summed E-state index contributed by atoms with van der Waals surface area (Å²) in [6.45, 7) is 0. The molecule has 0 aliphatic heterocycles. The summed E-state index contributed by atoms with van der Waals surface area (Å²) in [7, 11) is 0. The van der Waals surface area contributed by atoms with Crippen LogP contribution in [0, 0.1) is 0 Å². The van der Waals surface area contributed by atoms with E-state index in [1.165, 1.54) is 0 Å². The SMILES string of the molecule is [O-]I([O-])O. The molecule has 4 heavy (non-hydrogen) atoms. The van der Waals surface area contributed by atoms with Crippen molar-refractivity contribution in [2.45, 2.75) is 0 Å². The molecule has 0 spiro atoms. The summed E-state index contributed by atoms with van der Waals surface area (Å²) >= 11 is -3.76. The predicted molar refractivity (Wildman–Crippen MR) is 16.2 cm³/mol. The van der Waals surface area contributed by atoms with E-state index in [9.17, 15) is 0 Å². The zero-order valence-corrected chi connectivity index (χ0v) is 3.80. The van der Waals surface area contributed by atoms with Gasteiger partial charge in [-0.05, 0) is 0 Å². The Hall–Kier alpha value is 0.610. The molecule has 0 saturated carbocycles. The standard InChI is InChI=1S/HIO3/c2-1(3)4/h2H/q-2. The molecule has 0 heterocycles. The molecule has 1 N–H and O–H groups in total. The van der Waals surface area contributed by atoms with Crippen molar-refractivity contribution >= 4 is 21.1 Å². The molecule has 0 aromatic carbocycles. The predicted octanol–water partition coefficient (Wildman–Crippen LogP) is -2.05. The van der Waals surface area contributed by atoms with Crippen molar-refractivity contribution in [3.05, 3.63) is 0 Å². The van der Waals surface area contributed by atoms with Crippen LogP contribution in [0.4, 0.5) is 0 Å². The van der Waals surface area contributed by atoms with Crippen LogP contribution in [0.2, 0.25) is 0 Å². The van der Waals surface area contributed by atoms with Crippen LogP contribution >= 0.6 is 21.1 Å². The van der Waals surface area contributed by atoms with Gasteiger partial charge in [-0.3, -0.25) is 0 Å². The average Bonchev–Trinajstić information content (AvgIpc) is 0.811. The molecule has 0 saturated heterocycles. The molecule has 0 unspecified atom stereocenters. The fourth-order valence-corrected chi connectivity index (χ4v) is 0. The van der Waals surface area contributed by atoms with E-state index in [4.69, 9.17) is 10.3 Å². The molecule has 0 aromatic heterocycles. The van der Waals surface area contributed by atoms with Crippen LogP contribution in [-0.4, -0.2) is 3.44 Å². The van der Waals surface area contributed by atoms with Crippen molar-refractivity contribution in [2.75, 3.05) is 0 Å². The van der Waals surface area contributed by atoms with Gasteiger partial charge in [0.25, 0.3) is 0 Å². The molecule has 0 aromatic rings. The van der Waals surface area contributed by atoms with E-state index in [2.05, 4.69) is 0 Å². The zero-order chi connectivity index (χ0) is 3.58. The normalized spacial score (nSPS) is 11.2. The summed E-state index contributed by atoms with van der Waals surface area (Å²) in [6.07, 6.45) is 0. The fourth-order valence-electron chi connectivity index (χ4n) is 0. The second-order valence-corrected chi connectivity index (χ2v) is 1.35. The summed E-state index contributed by atoms with van der Waals surface area (Å²) in [5.74, 6) is 0. The zero-order valence-electron chi connectivity index (χ0n) is 1.64. The molecule has 0 aliphatic rings. The summed E-state index contributed by atoms with van der Waals surface area (Å²) in [4.78, 5) is 0. The van der Waals surface area contributed by atoms with Gasteiger partial charge in [-0.15, -0.1) is 0 Å². The van der Waals surface area contributed by atoms with Gasteiger partial charge >= 0.3 is 31.4 Å². The van der Waals surface area contributed by atoms with E-state index in [1.54, 1.807) is 0 Å². The van der Waals surface area contributed by atoms with Gasteiger partial charge in [-0.2, -0.15) is 0 Å². The van der Waals surface area contributed by atoms with Gasteiger partial charge in [0.2, 0.25) is 0 Å². The Morgan fingerprint density at radius 2 is 1.50 bits per heavy atom. The van der Waals surface area contributed by atoms with Crippen molar-refractivity contribution in [3.63, 3.8) is 0 Å². The van der Waals surface area contributed by atoms with Gasteiger partial charge in [-0.25, -0.2) is 0 Å². The Bertz CT molecular complexity index is 8.00. The summed E-state index contributed by atoms with van der Waals surface area (Å²) < 4.78 is 24.5. The first-order valence-electron chi connectivity index (χ1n) is 0.478. The Labute approximate surface area is 31.9 Å². The molecule has 28 valence electrons. The first-order valence-corrected chi connectivity index (χ1v) is 3.20. The summed E-state index contributed by atoms with van der Waals surface area (Å²) in [5.41, 5.74) is 0. The fraction of sp³-hybridized carbons (Fsp3) is 0. The first-order chi connectivity index (χ1) is 1.73. The third-order valence-electron chi connectivity index (χ3n) is 0. The number of rotatable bonds is 0. The van der Waals surface area contributed by atoms with Crippen LogP contribution in [0.25, 0.3) is 0 Å². The molecule has 0 amide bonds. The topological polar surface area (TPSA) is 66.3 Å². The van der Waals surface area contributed by atoms with Crippen molar-refractivity contribution in [1.29, 1.82) is 0 Å². The Morgan fingerprint density at radius 3 is 1.50 bits per heavy atom. The minimum atomic E-state index is -3.76. The molecule has 0 atom stereocenters. The second-order valence-electron chi connectivity index (χ2n) is 0.201. The molecule has 0 bridgehead atoms. The molecule has 0 radical (unpaired) electrons. The Kier molecular flexibility index (Phi) is 2.17. The van der Waals surface area contributed by atoms with E-state index in [0.717, 1.165) is 0 Å². The van der Waals surface area contributed by atoms with Gasteiger partial charge in [0.05, 0.1) is 0 Å². The summed E-state index contributed by atoms with van der Waals surface area (Å²) in [5, 5.41) is 0. The van der Waals surface area contributed by atoms with Crippen LogP contribution in [0.15, 0.2) is 0 Å². The van der Waals surface area contributed by atoms with E-state index in [-0.39, 0.29) is 0 Å². The van der Waals surface area contributed by atoms with Crippen LogP contribution in [0.1, 0.15) is 0 Å². The maximum absolute atomic E-state index is 8.68. The molecular formula is HIO3-2. The Balaban J connectivity index is 2.32. The van der Waals surface area contributed by atoms with Gasteiger partial charge in [-0.1, -0.05) is 0 Å². The van der Waals surface area contributed by atoms with Crippen molar-refractivity contribution in [1.82, 2.24) is 0 Å². The third kappa shape index (κ3) is 18.2.